The van der Waals surface area contributed by atoms with Crippen LogP contribution in [0.3, 0.4) is 0 Å². The predicted molar refractivity (Wildman–Crippen MR) is 131 cm³/mol. The maximum Gasteiger partial charge on any atom is 0.325 e. The molecule has 1 unspecified atom stereocenters. The first-order valence-corrected chi connectivity index (χ1v) is 12.9. The fourth-order valence-electron chi connectivity index (χ4n) is 5.62. The zero-order chi connectivity index (χ0) is 23.3. The van der Waals surface area contributed by atoms with Gasteiger partial charge in [0.15, 0.2) is 0 Å². The molecule has 2 aromatic heterocycles. The number of carbonyl (C=O) groups is 1. The molecule has 1 saturated heterocycles. The van der Waals surface area contributed by atoms with Gasteiger partial charge in [0.2, 0.25) is 0 Å². The second-order valence-electron chi connectivity index (χ2n) is 10.0. The number of rotatable bonds is 10. The van der Waals surface area contributed by atoms with Crippen molar-refractivity contribution in [3.8, 4) is 0 Å². The normalized spacial score (nSPS) is 23.6. The molecule has 1 saturated carbocycles. The largest absolute Gasteiger partial charge is 0.480 e. The average Bonchev–Trinajstić information content (AvgIpc) is 3.27. The Bertz CT molecular complexity index is 980. The Kier molecular flexibility index (Phi) is 7.40. The minimum absolute atomic E-state index is 0.106. The smallest absolute Gasteiger partial charge is 0.325 e. The second-order valence-corrected chi connectivity index (χ2v) is 10.0. The summed E-state index contributed by atoms with van der Waals surface area (Å²) >= 11 is 0. The highest BCUT2D eigenvalue weighted by atomic mass is 16.5. The zero-order valence-corrected chi connectivity index (χ0v) is 19.9. The number of carboxylic acids is 1. The van der Waals surface area contributed by atoms with Gasteiger partial charge < -0.3 is 15.2 Å². The second kappa shape index (κ2) is 10.8. The van der Waals surface area contributed by atoms with Crippen LogP contribution in [0.25, 0.3) is 0 Å². The van der Waals surface area contributed by atoms with Crippen molar-refractivity contribution in [2.45, 2.75) is 81.9 Å². The lowest BCUT2D eigenvalue weighted by Crippen LogP contribution is -2.35. The van der Waals surface area contributed by atoms with Crippen molar-refractivity contribution in [1.82, 2.24) is 14.9 Å². The van der Waals surface area contributed by atoms with Crippen LogP contribution in [-0.4, -0.2) is 57.8 Å². The van der Waals surface area contributed by atoms with Crippen LogP contribution in [0.2, 0.25) is 0 Å². The fourth-order valence-corrected chi connectivity index (χ4v) is 5.62. The van der Waals surface area contributed by atoms with E-state index >= 15 is 0 Å². The summed E-state index contributed by atoms with van der Waals surface area (Å²) < 4.78 is 6.17. The molecule has 2 aromatic rings. The minimum Gasteiger partial charge on any atom is -0.480 e. The van der Waals surface area contributed by atoms with Crippen molar-refractivity contribution in [2.75, 3.05) is 25.0 Å². The molecule has 2 aliphatic heterocycles. The van der Waals surface area contributed by atoms with Gasteiger partial charge in [-0.1, -0.05) is 18.6 Å². The summed E-state index contributed by atoms with van der Waals surface area (Å²) in [5.74, 6) is 0.670. The summed E-state index contributed by atoms with van der Waals surface area (Å²) in [5.41, 5.74) is 3.18. The Hall–Kier alpha value is -2.51. The number of nitrogens with zero attached hydrogens (tertiary/aromatic N) is 3. The summed E-state index contributed by atoms with van der Waals surface area (Å²) in [6.07, 6.45) is 13.6. The average molecular weight is 465 g/mol. The number of likely N-dealkylation sites (tertiary alicyclic amines) is 1. The topological polar surface area (TPSA) is 87.6 Å². The third-order valence-corrected chi connectivity index (χ3v) is 7.73. The van der Waals surface area contributed by atoms with E-state index in [2.05, 4.69) is 26.3 Å². The van der Waals surface area contributed by atoms with E-state index in [1.807, 2.05) is 24.4 Å². The van der Waals surface area contributed by atoms with Crippen LogP contribution >= 0.6 is 0 Å². The molecule has 4 heterocycles. The lowest BCUT2D eigenvalue weighted by atomic mass is 9.80. The maximum absolute atomic E-state index is 12.3. The van der Waals surface area contributed by atoms with Gasteiger partial charge >= 0.3 is 5.97 Å². The molecule has 0 radical (unpaired) electrons. The van der Waals surface area contributed by atoms with E-state index in [4.69, 9.17) is 4.74 Å². The highest BCUT2D eigenvalue weighted by molar-refractivity contribution is 5.76. The number of nitrogens with one attached hydrogen (secondary N) is 1. The first kappa shape index (κ1) is 23.2. The van der Waals surface area contributed by atoms with Crippen molar-refractivity contribution < 1.29 is 14.6 Å². The molecule has 34 heavy (non-hydrogen) atoms. The number of hydrogen-bond donors (Lipinski definition) is 2. The number of carboxylic acid groups (broad SMARTS) is 1. The first-order valence-electron chi connectivity index (χ1n) is 12.9. The molecule has 3 aliphatic rings. The van der Waals surface area contributed by atoms with Crippen LogP contribution in [0.1, 0.15) is 80.1 Å². The maximum atomic E-state index is 12.3. The number of hydrogen-bond acceptors (Lipinski definition) is 6. The summed E-state index contributed by atoms with van der Waals surface area (Å²) in [5, 5.41) is 13.7. The van der Waals surface area contributed by atoms with E-state index in [-0.39, 0.29) is 6.10 Å². The Morgan fingerprint density at radius 1 is 1.15 bits per heavy atom. The molecule has 0 bridgehead atoms. The summed E-state index contributed by atoms with van der Waals surface area (Å²) in [6.45, 7) is 2.15. The number of pyridine rings is 2. The monoisotopic (exact) mass is 464 g/mol. The van der Waals surface area contributed by atoms with Crippen LogP contribution in [0.5, 0.6) is 0 Å². The predicted octanol–water partition coefficient (Wildman–Crippen LogP) is 4.56. The van der Waals surface area contributed by atoms with E-state index in [1.165, 1.54) is 12.0 Å². The fraction of sp³-hybridized carbons (Fsp3) is 0.593. The van der Waals surface area contributed by atoms with Crippen molar-refractivity contribution in [3.05, 3.63) is 53.5 Å². The highest BCUT2D eigenvalue weighted by Crippen LogP contribution is 2.40. The molecule has 7 nitrogen and oxygen atoms in total. The SMILES string of the molecule is O=C(O)C(c1cccnc1C1CCC1)N1CC[C@@H](OCCCC[C@@H]2CCc3cccnc3N2)C1. The van der Waals surface area contributed by atoms with Gasteiger partial charge in [-0.2, -0.15) is 0 Å². The molecule has 2 N–H and O–H groups in total. The molecular formula is C27H36N4O3. The van der Waals surface area contributed by atoms with Gasteiger partial charge in [0.25, 0.3) is 0 Å². The van der Waals surface area contributed by atoms with Crippen LogP contribution in [0.4, 0.5) is 5.82 Å². The molecule has 182 valence electrons. The Labute approximate surface area is 201 Å². The van der Waals surface area contributed by atoms with Crippen LogP contribution in [0, 0.1) is 0 Å². The third-order valence-electron chi connectivity index (χ3n) is 7.73. The molecule has 1 aliphatic carbocycles. The van der Waals surface area contributed by atoms with Gasteiger partial charge in [0.05, 0.1) is 6.10 Å². The van der Waals surface area contributed by atoms with Gasteiger partial charge in [-0.05, 0) is 69.1 Å². The Morgan fingerprint density at radius 2 is 2.00 bits per heavy atom. The molecule has 3 atom stereocenters. The van der Waals surface area contributed by atoms with E-state index in [9.17, 15) is 9.90 Å². The van der Waals surface area contributed by atoms with E-state index in [0.717, 1.165) is 81.6 Å². The van der Waals surface area contributed by atoms with Crippen molar-refractivity contribution >= 4 is 11.8 Å². The molecule has 2 fully saturated rings. The van der Waals surface area contributed by atoms with E-state index < -0.39 is 12.0 Å². The van der Waals surface area contributed by atoms with E-state index in [1.54, 1.807) is 6.20 Å². The Morgan fingerprint density at radius 3 is 2.82 bits per heavy atom. The zero-order valence-electron chi connectivity index (χ0n) is 19.9. The molecule has 0 amide bonds. The molecule has 0 aromatic carbocycles. The van der Waals surface area contributed by atoms with Gasteiger partial charge in [-0.15, -0.1) is 0 Å². The van der Waals surface area contributed by atoms with Gasteiger partial charge in [-0.3, -0.25) is 14.7 Å². The summed E-state index contributed by atoms with van der Waals surface area (Å²) in [7, 11) is 0. The van der Waals surface area contributed by atoms with Crippen molar-refractivity contribution in [3.63, 3.8) is 0 Å². The number of anilines is 1. The highest BCUT2D eigenvalue weighted by Gasteiger charge is 2.37. The van der Waals surface area contributed by atoms with Crippen LogP contribution in [0.15, 0.2) is 36.7 Å². The first-order chi connectivity index (χ1) is 16.7. The lowest BCUT2D eigenvalue weighted by molar-refractivity contribution is -0.143. The Balaban J connectivity index is 1.07. The summed E-state index contributed by atoms with van der Waals surface area (Å²) in [4.78, 5) is 23.4. The van der Waals surface area contributed by atoms with E-state index in [0.29, 0.717) is 18.5 Å². The number of aromatic nitrogens is 2. The minimum atomic E-state index is -0.787. The number of aryl methyl sites for hydroxylation is 1. The quantitative estimate of drug-likeness (QED) is 0.499. The molecular weight excluding hydrogens is 428 g/mol. The lowest BCUT2D eigenvalue weighted by Gasteiger charge is -2.31. The van der Waals surface area contributed by atoms with Crippen LogP contribution < -0.4 is 5.32 Å². The molecule has 7 heteroatoms. The van der Waals surface area contributed by atoms with Crippen LogP contribution in [-0.2, 0) is 16.0 Å². The number of unbranched alkanes of at least 4 members (excludes halogenated alkanes) is 1. The third kappa shape index (κ3) is 5.26. The number of aliphatic carboxylic acids is 1. The van der Waals surface area contributed by atoms with Gasteiger partial charge in [0, 0.05) is 55.3 Å². The van der Waals surface area contributed by atoms with Gasteiger partial charge in [-0.25, -0.2) is 4.98 Å². The standard InChI is InChI=1S/C27H36N4O3/c32-27(33)25(23-10-5-14-28-24(23)19-6-3-7-19)31-16-13-22(18-31)34-17-2-1-9-21-12-11-20-8-4-15-29-26(20)30-21/h4-5,8,10,14-15,19,21-22,25H,1-3,6-7,9,11-13,16-18H2,(H,29,30)(H,32,33)/t21-,22-,25?/m1/s1. The number of fused-ring (bicyclic) bond motifs is 1. The van der Waals surface area contributed by atoms with Gasteiger partial charge in [0.1, 0.15) is 11.9 Å². The van der Waals surface area contributed by atoms with Crippen molar-refractivity contribution in [2.24, 2.45) is 0 Å². The number of ether oxygens (including phenoxy) is 1. The molecule has 0 spiro atoms. The summed E-state index contributed by atoms with van der Waals surface area (Å²) in [6, 6.07) is 7.85. The molecule has 5 rings (SSSR count). The van der Waals surface area contributed by atoms with Crippen molar-refractivity contribution in [1.29, 1.82) is 0 Å².